The lowest BCUT2D eigenvalue weighted by atomic mass is 10.1. The van der Waals surface area contributed by atoms with Crippen LogP contribution in [0.3, 0.4) is 0 Å². The largest absolute Gasteiger partial charge is 0.497 e. The molecular weight excluding hydrogens is 404 g/mol. The zero-order valence-corrected chi connectivity index (χ0v) is 16.2. The molecule has 2 aromatic heterocycles. The number of ether oxygens (including phenoxy) is 1. The van der Waals surface area contributed by atoms with Crippen LogP contribution in [-0.4, -0.2) is 27.6 Å². The van der Waals surface area contributed by atoms with Gasteiger partial charge in [0.2, 0.25) is 0 Å². The van der Waals surface area contributed by atoms with E-state index in [0.717, 1.165) is 4.52 Å². The van der Waals surface area contributed by atoms with E-state index in [0.29, 0.717) is 22.6 Å². The smallest absolute Gasteiger partial charge is 0.280 e. The molecule has 0 aliphatic heterocycles. The number of anilines is 1. The van der Waals surface area contributed by atoms with Crippen molar-refractivity contribution in [2.24, 2.45) is 0 Å². The second-order valence-electron chi connectivity index (χ2n) is 6.53. The highest BCUT2D eigenvalue weighted by Gasteiger charge is 2.21. The second kappa shape index (κ2) is 8.20. The van der Waals surface area contributed by atoms with Gasteiger partial charge in [0.15, 0.2) is 5.65 Å². The number of fused-ring (bicyclic) bond motifs is 1. The lowest BCUT2D eigenvalue weighted by Crippen LogP contribution is -2.12. The minimum absolute atomic E-state index is 0.00904. The summed E-state index contributed by atoms with van der Waals surface area (Å²) < 4.78 is 33.5. The summed E-state index contributed by atoms with van der Waals surface area (Å²) in [5, 5.41) is 15.5. The molecule has 0 spiro atoms. The number of aromatic nitrogens is 3. The predicted molar refractivity (Wildman–Crippen MR) is 109 cm³/mol. The highest BCUT2D eigenvalue weighted by Crippen LogP contribution is 2.28. The number of amides is 1. The molecule has 0 bridgehead atoms. The summed E-state index contributed by atoms with van der Waals surface area (Å²) in [6, 6.07) is 16.3. The van der Waals surface area contributed by atoms with Crippen LogP contribution in [0.2, 0.25) is 0 Å². The summed E-state index contributed by atoms with van der Waals surface area (Å²) >= 11 is 0. The summed E-state index contributed by atoms with van der Waals surface area (Å²) in [5.41, 5.74) is 1.43. The fourth-order valence-electron chi connectivity index (χ4n) is 3.04. The van der Waals surface area contributed by atoms with Crippen molar-refractivity contribution < 1.29 is 18.3 Å². The van der Waals surface area contributed by atoms with Crippen molar-refractivity contribution in [3.05, 3.63) is 77.6 Å². The summed E-state index contributed by atoms with van der Waals surface area (Å²) in [6.45, 7) is 0. The van der Waals surface area contributed by atoms with Gasteiger partial charge in [-0.25, -0.2) is 18.3 Å². The normalized spacial score (nSPS) is 10.8. The van der Waals surface area contributed by atoms with E-state index in [1.165, 1.54) is 19.4 Å². The molecule has 0 fully saturated rings. The number of methoxy groups -OCH3 is 1. The number of nitrogens with zero attached hydrogens (tertiary/aromatic N) is 4. The molecule has 1 amide bonds. The molecule has 154 valence electrons. The summed E-state index contributed by atoms with van der Waals surface area (Å²) in [5.74, 6) is 0.0602. The average Bonchev–Trinajstić information content (AvgIpc) is 3.23. The highest BCUT2D eigenvalue weighted by atomic mass is 19.3. The van der Waals surface area contributed by atoms with E-state index in [-0.39, 0.29) is 22.6 Å². The molecule has 2 heterocycles. The van der Waals surface area contributed by atoms with Crippen LogP contribution in [0.5, 0.6) is 5.75 Å². The standard InChI is InChI=1S/C22H15F2N5O2/c1-31-16-8-4-14(5-9-16)18-10-19(20(23)24)29-21(28-18)17(12-26-29)22(30)27-15-6-2-13(11-25)3-7-15/h2-10,12,20H,1H3,(H,27,30). The zero-order chi connectivity index (χ0) is 22.0. The number of nitrogens with one attached hydrogen (secondary N) is 1. The number of alkyl halides is 2. The average molecular weight is 419 g/mol. The lowest BCUT2D eigenvalue weighted by molar-refractivity contribution is 0.102. The van der Waals surface area contributed by atoms with Gasteiger partial charge in [-0.2, -0.15) is 10.4 Å². The lowest BCUT2D eigenvalue weighted by Gasteiger charge is -2.09. The van der Waals surface area contributed by atoms with Crippen molar-refractivity contribution in [1.82, 2.24) is 14.6 Å². The maximum atomic E-state index is 13.7. The van der Waals surface area contributed by atoms with Gasteiger partial charge in [-0.1, -0.05) is 0 Å². The molecule has 4 rings (SSSR count). The van der Waals surface area contributed by atoms with Crippen molar-refractivity contribution in [3.8, 4) is 23.1 Å². The predicted octanol–water partition coefficient (Wildman–Crippen LogP) is 4.47. The van der Waals surface area contributed by atoms with Gasteiger partial charge in [0, 0.05) is 11.3 Å². The Labute approximate surface area is 175 Å². The zero-order valence-electron chi connectivity index (χ0n) is 16.2. The Morgan fingerprint density at radius 3 is 2.48 bits per heavy atom. The van der Waals surface area contributed by atoms with Crippen LogP contribution in [0, 0.1) is 11.3 Å². The van der Waals surface area contributed by atoms with E-state index in [1.807, 2.05) is 6.07 Å². The summed E-state index contributed by atoms with van der Waals surface area (Å²) in [7, 11) is 1.53. The molecule has 9 heteroatoms. The SMILES string of the molecule is COc1ccc(-c2cc(C(F)F)n3ncc(C(=O)Nc4ccc(C#N)cc4)c3n2)cc1. The number of hydrogen-bond acceptors (Lipinski definition) is 5. The Morgan fingerprint density at radius 1 is 1.16 bits per heavy atom. The molecule has 0 unspecified atom stereocenters. The topological polar surface area (TPSA) is 92.3 Å². The van der Waals surface area contributed by atoms with Crippen LogP contribution in [0.25, 0.3) is 16.9 Å². The number of carbonyl (C=O) groups is 1. The van der Waals surface area contributed by atoms with Crippen LogP contribution in [0.15, 0.2) is 60.8 Å². The highest BCUT2D eigenvalue weighted by molar-refractivity contribution is 6.08. The first-order chi connectivity index (χ1) is 15.0. The van der Waals surface area contributed by atoms with Crippen LogP contribution >= 0.6 is 0 Å². The van der Waals surface area contributed by atoms with Gasteiger partial charge < -0.3 is 10.1 Å². The number of nitriles is 1. The molecule has 7 nitrogen and oxygen atoms in total. The third-order valence-electron chi connectivity index (χ3n) is 4.63. The Kier molecular flexibility index (Phi) is 5.28. The number of hydrogen-bond donors (Lipinski definition) is 1. The number of rotatable bonds is 5. The molecule has 31 heavy (non-hydrogen) atoms. The first-order valence-electron chi connectivity index (χ1n) is 9.13. The number of carbonyl (C=O) groups excluding carboxylic acids is 1. The van der Waals surface area contributed by atoms with E-state index in [2.05, 4.69) is 15.4 Å². The van der Waals surface area contributed by atoms with Crippen LogP contribution in [-0.2, 0) is 0 Å². The first kappa shape index (κ1) is 20.0. The van der Waals surface area contributed by atoms with Gasteiger partial charge in [-0.3, -0.25) is 4.79 Å². The van der Waals surface area contributed by atoms with Crippen LogP contribution < -0.4 is 10.1 Å². The summed E-state index contributed by atoms with van der Waals surface area (Å²) in [6.07, 6.45) is -1.62. The Morgan fingerprint density at radius 2 is 1.87 bits per heavy atom. The van der Waals surface area contributed by atoms with Crippen molar-refractivity contribution in [2.75, 3.05) is 12.4 Å². The second-order valence-corrected chi connectivity index (χ2v) is 6.53. The van der Waals surface area contributed by atoms with Gasteiger partial charge in [-0.05, 0) is 54.6 Å². The fourth-order valence-corrected chi connectivity index (χ4v) is 3.04. The maximum Gasteiger partial charge on any atom is 0.280 e. The van der Waals surface area contributed by atoms with Crippen molar-refractivity contribution in [2.45, 2.75) is 6.43 Å². The van der Waals surface area contributed by atoms with E-state index >= 15 is 0 Å². The Bertz CT molecular complexity index is 1290. The van der Waals surface area contributed by atoms with E-state index in [9.17, 15) is 13.6 Å². The van der Waals surface area contributed by atoms with Crippen molar-refractivity contribution in [1.29, 1.82) is 5.26 Å². The quantitative estimate of drug-likeness (QED) is 0.515. The molecule has 0 saturated carbocycles. The van der Waals surface area contributed by atoms with Gasteiger partial charge in [-0.15, -0.1) is 0 Å². The van der Waals surface area contributed by atoms with Crippen LogP contribution in [0.1, 0.15) is 28.0 Å². The number of halogens is 2. The molecule has 4 aromatic rings. The minimum atomic E-state index is -2.82. The van der Waals surface area contributed by atoms with Gasteiger partial charge >= 0.3 is 0 Å². The molecule has 2 aromatic carbocycles. The molecule has 1 N–H and O–H groups in total. The molecule has 0 radical (unpaired) electrons. The van der Waals surface area contributed by atoms with Crippen molar-refractivity contribution >= 4 is 17.2 Å². The molecular formula is C22H15F2N5O2. The number of benzene rings is 2. The molecule has 0 aliphatic rings. The molecule has 0 saturated heterocycles. The fraction of sp³-hybridized carbons (Fsp3) is 0.0909. The minimum Gasteiger partial charge on any atom is -0.497 e. The third kappa shape index (κ3) is 3.91. The first-order valence-corrected chi connectivity index (χ1v) is 9.13. The van der Waals surface area contributed by atoms with E-state index in [1.54, 1.807) is 48.5 Å². The summed E-state index contributed by atoms with van der Waals surface area (Å²) in [4.78, 5) is 17.2. The Balaban J connectivity index is 1.76. The van der Waals surface area contributed by atoms with E-state index < -0.39 is 12.3 Å². The maximum absolute atomic E-state index is 13.7. The Hall–Kier alpha value is -4.32. The third-order valence-corrected chi connectivity index (χ3v) is 4.63. The van der Waals surface area contributed by atoms with Crippen LogP contribution in [0.4, 0.5) is 14.5 Å². The van der Waals surface area contributed by atoms with Gasteiger partial charge in [0.1, 0.15) is 17.0 Å². The van der Waals surface area contributed by atoms with E-state index in [4.69, 9.17) is 10.00 Å². The van der Waals surface area contributed by atoms with Gasteiger partial charge in [0.25, 0.3) is 12.3 Å². The molecule has 0 aliphatic carbocycles. The van der Waals surface area contributed by atoms with Crippen molar-refractivity contribution in [3.63, 3.8) is 0 Å². The molecule has 0 atom stereocenters. The van der Waals surface area contributed by atoms with Gasteiger partial charge in [0.05, 0.1) is 30.6 Å². The monoisotopic (exact) mass is 419 g/mol.